The molecule has 1 unspecified atom stereocenters. The highest BCUT2D eigenvalue weighted by Gasteiger charge is 2.50. The van der Waals surface area contributed by atoms with Crippen molar-refractivity contribution in [2.45, 2.75) is 18.3 Å². The van der Waals surface area contributed by atoms with Gasteiger partial charge in [-0.05, 0) is 102 Å². The van der Waals surface area contributed by atoms with Gasteiger partial charge in [-0.15, -0.1) is 0 Å². The van der Waals surface area contributed by atoms with Crippen molar-refractivity contribution in [2.24, 2.45) is 0 Å². The summed E-state index contributed by atoms with van der Waals surface area (Å²) in [6.45, 7) is 0. The summed E-state index contributed by atoms with van der Waals surface area (Å²) in [5.74, 6) is 3.45. The van der Waals surface area contributed by atoms with Gasteiger partial charge in [-0.25, -0.2) is 0 Å². The molecule has 0 saturated carbocycles. The zero-order chi connectivity index (χ0) is 34.2. The summed E-state index contributed by atoms with van der Waals surface area (Å²) in [7, 11) is 0. The zero-order valence-electron chi connectivity index (χ0n) is 28.4. The fourth-order valence-electron chi connectivity index (χ4n) is 8.86. The fraction of sp³-hybridized carbons (Fsp3) is 0.0612. The molecule has 0 saturated heterocycles. The molecule has 52 heavy (non-hydrogen) atoms. The van der Waals surface area contributed by atoms with Crippen molar-refractivity contribution >= 4 is 27.4 Å². The third-order valence-corrected chi connectivity index (χ3v) is 11.1. The normalized spacial score (nSPS) is 16.7. The Morgan fingerprint density at radius 1 is 0.442 bits per heavy atom. The molecule has 2 aliphatic heterocycles. The molecule has 0 radical (unpaired) electrons. The molecule has 1 spiro atoms. The number of fused-ring (bicyclic) bond motifs is 11. The highest BCUT2D eigenvalue weighted by atomic mass is 16.5. The van der Waals surface area contributed by atoms with Crippen LogP contribution in [0, 0.1) is 0 Å². The van der Waals surface area contributed by atoms with Crippen LogP contribution < -0.4 is 9.47 Å². The smallest absolute Gasteiger partial charge is 0.132 e. The molecule has 3 nitrogen and oxygen atoms in total. The molecule has 3 heteroatoms. The van der Waals surface area contributed by atoms with Gasteiger partial charge in [0.1, 0.15) is 23.0 Å². The minimum absolute atomic E-state index is 0.674. The summed E-state index contributed by atoms with van der Waals surface area (Å²) in [5, 5.41) is 2.46. The minimum Gasteiger partial charge on any atom is -0.457 e. The summed E-state index contributed by atoms with van der Waals surface area (Å²) in [6.07, 6.45) is 9.00. The van der Waals surface area contributed by atoms with E-state index in [1.165, 1.54) is 32.9 Å². The second kappa shape index (κ2) is 11.2. The highest BCUT2D eigenvalue weighted by molar-refractivity contribution is 6.10. The lowest BCUT2D eigenvalue weighted by Gasteiger charge is -2.45. The van der Waals surface area contributed by atoms with Crippen LogP contribution in [-0.2, 0) is 5.41 Å². The van der Waals surface area contributed by atoms with Gasteiger partial charge in [0.15, 0.2) is 0 Å². The monoisotopic (exact) mass is 667 g/mol. The molecule has 0 N–H and O–H groups in total. The Bertz CT molecular complexity index is 2760. The van der Waals surface area contributed by atoms with Gasteiger partial charge < -0.3 is 14.0 Å². The maximum absolute atomic E-state index is 6.79. The van der Waals surface area contributed by atoms with E-state index in [0.717, 1.165) is 74.9 Å². The third kappa shape index (κ3) is 4.14. The molecule has 246 valence electrons. The topological polar surface area (TPSA) is 23.4 Å². The van der Waals surface area contributed by atoms with E-state index in [1.54, 1.807) is 0 Å². The summed E-state index contributed by atoms with van der Waals surface area (Å²) >= 11 is 0. The molecule has 3 aliphatic rings. The average molecular weight is 668 g/mol. The van der Waals surface area contributed by atoms with Crippen molar-refractivity contribution in [3.8, 4) is 39.8 Å². The van der Waals surface area contributed by atoms with Crippen LogP contribution in [0.3, 0.4) is 0 Å². The van der Waals surface area contributed by atoms with Crippen LogP contribution in [0.2, 0.25) is 0 Å². The van der Waals surface area contributed by atoms with Crippen LogP contribution in [0.1, 0.15) is 40.7 Å². The average Bonchev–Trinajstić information content (AvgIpc) is 3.55. The second-order valence-corrected chi connectivity index (χ2v) is 13.9. The molecule has 0 bridgehead atoms. The molecule has 3 heterocycles. The third-order valence-electron chi connectivity index (χ3n) is 11.1. The lowest BCUT2D eigenvalue weighted by atomic mass is 9.62. The number of allylic oxidation sites excluding steroid dienone is 4. The van der Waals surface area contributed by atoms with Crippen molar-refractivity contribution in [3.63, 3.8) is 0 Å². The van der Waals surface area contributed by atoms with Crippen molar-refractivity contribution in [2.75, 3.05) is 0 Å². The van der Waals surface area contributed by atoms with Gasteiger partial charge in [0.25, 0.3) is 0 Å². The van der Waals surface area contributed by atoms with Crippen LogP contribution >= 0.6 is 0 Å². The quantitative estimate of drug-likeness (QED) is 0.187. The number of rotatable bonds is 3. The summed E-state index contributed by atoms with van der Waals surface area (Å²) in [4.78, 5) is 0. The van der Waals surface area contributed by atoms with Gasteiger partial charge in [-0.1, -0.05) is 109 Å². The lowest BCUT2D eigenvalue weighted by Crippen LogP contribution is -2.37. The van der Waals surface area contributed by atoms with Crippen LogP contribution in [0.15, 0.2) is 176 Å². The first-order valence-electron chi connectivity index (χ1n) is 18.1. The lowest BCUT2D eigenvalue weighted by molar-refractivity contribution is 0.399. The van der Waals surface area contributed by atoms with Crippen LogP contribution in [-0.4, -0.2) is 4.57 Å². The van der Waals surface area contributed by atoms with Crippen molar-refractivity contribution < 1.29 is 9.47 Å². The Balaban J connectivity index is 1.18. The zero-order valence-corrected chi connectivity index (χ0v) is 28.4. The molecule has 0 fully saturated rings. The van der Waals surface area contributed by atoms with Crippen molar-refractivity contribution in [1.29, 1.82) is 0 Å². The Labute approximate surface area is 302 Å². The Hall–Kier alpha value is -6.58. The van der Waals surface area contributed by atoms with Gasteiger partial charge >= 0.3 is 0 Å². The summed E-state index contributed by atoms with van der Waals surface area (Å²) in [5.41, 5.74) is 12.1. The number of hydrogen-bond acceptors (Lipinski definition) is 2. The largest absolute Gasteiger partial charge is 0.457 e. The van der Waals surface area contributed by atoms with Crippen LogP contribution in [0.4, 0.5) is 0 Å². The van der Waals surface area contributed by atoms with Gasteiger partial charge in [0, 0.05) is 38.7 Å². The number of ether oxygens (including phenoxy) is 2. The molecule has 1 aromatic heterocycles. The van der Waals surface area contributed by atoms with Gasteiger partial charge in [-0.2, -0.15) is 0 Å². The van der Waals surface area contributed by atoms with E-state index in [4.69, 9.17) is 9.47 Å². The number of benzene rings is 7. The first kappa shape index (κ1) is 29.2. The molecule has 0 amide bonds. The molecular formula is C49H33NO2. The Morgan fingerprint density at radius 3 is 1.75 bits per heavy atom. The number of para-hydroxylation sites is 4. The highest BCUT2D eigenvalue weighted by Crippen LogP contribution is 2.62. The van der Waals surface area contributed by atoms with Crippen LogP contribution in [0.5, 0.6) is 23.0 Å². The molecule has 1 aliphatic carbocycles. The van der Waals surface area contributed by atoms with Crippen LogP contribution in [0.25, 0.3) is 44.2 Å². The number of nitrogens with zero attached hydrogens (tertiary/aromatic N) is 1. The Kier molecular flexibility index (Phi) is 6.29. The van der Waals surface area contributed by atoms with Crippen molar-refractivity contribution in [3.05, 3.63) is 204 Å². The van der Waals surface area contributed by atoms with E-state index in [9.17, 15) is 0 Å². The first-order chi connectivity index (χ1) is 25.8. The minimum atomic E-state index is -0.674. The molecule has 8 aromatic rings. The van der Waals surface area contributed by atoms with E-state index < -0.39 is 5.41 Å². The SMILES string of the molecule is C1=CC(c2ccc3c(c2)C2(c4ccccc4O3)c3ccccc3Oc3ccc(-c4ccc5c(c4)c4ccccc4n5-c4ccccc4)cc32)=CCC1. The molecule has 1 atom stereocenters. The van der Waals surface area contributed by atoms with E-state index in [-0.39, 0.29) is 0 Å². The van der Waals surface area contributed by atoms with E-state index in [0.29, 0.717) is 0 Å². The fourth-order valence-corrected chi connectivity index (χ4v) is 8.86. The number of aromatic nitrogens is 1. The Morgan fingerprint density at radius 2 is 1.02 bits per heavy atom. The van der Waals surface area contributed by atoms with E-state index >= 15 is 0 Å². The van der Waals surface area contributed by atoms with Crippen molar-refractivity contribution in [1.82, 2.24) is 4.57 Å². The molecule has 7 aromatic carbocycles. The first-order valence-corrected chi connectivity index (χ1v) is 18.1. The van der Waals surface area contributed by atoms with E-state index in [2.05, 4.69) is 181 Å². The second-order valence-electron chi connectivity index (χ2n) is 13.9. The summed E-state index contributed by atoms with van der Waals surface area (Å²) in [6, 6.07) is 56.7. The maximum Gasteiger partial charge on any atom is 0.132 e. The van der Waals surface area contributed by atoms with Gasteiger partial charge in [-0.3, -0.25) is 0 Å². The predicted octanol–water partition coefficient (Wildman–Crippen LogP) is 12.8. The van der Waals surface area contributed by atoms with Gasteiger partial charge in [0.05, 0.1) is 16.4 Å². The molecule has 11 rings (SSSR count). The predicted molar refractivity (Wildman–Crippen MR) is 211 cm³/mol. The maximum atomic E-state index is 6.79. The molecular weight excluding hydrogens is 635 g/mol. The van der Waals surface area contributed by atoms with Gasteiger partial charge in [0.2, 0.25) is 0 Å². The summed E-state index contributed by atoms with van der Waals surface area (Å²) < 4.78 is 15.9. The standard InChI is InChI=1S/C49H33NO2/c1-3-13-32(14-4-1)34-24-27-47-41(30-34)49(39-18-8-11-21-45(39)51-47)40-19-9-12-22-46(40)52-48-28-25-35(31-42(48)49)33-23-26-44-38(29-33)37-17-7-10-20-43(37)50(44)36-15-5-2-6-16-36/h2-3,5-31H,1,4H2. The number of hydrogen-bond donors (Lipinski definition) is 0. The van der Waals surface area contributed by atoms with E-state index in [1.807, 2.05) is 0 Å².